The van der Waals surface area contributed by atoms with Crippen LogP contribution in [0.1, 0.15) is 24.8 Å². The number of carbonyl (C=O) groups excluding carboxylic acids is 1. The van der Waals surface area contributed by atoms with E-state index in [-0.39, 0.29) is 17.3 Å². The number of carbonyl (C=O) groups is 1. The van der Waals surface area contributed by atoms with Crippen LogP contribution in [-0.2, 0) is 14.8 Å². The minimum atomic E-state index is -3.48. The molecule has 1 aliphatic heterocycles. The van der Waals surface area contributed by atoms with E-state index >= 15 is 0 Å². The van der Waals surface area contributed by atoms with Gasteiger partial charge in [0.2, 0.25) is 15.9 Å². The molecular weight excluding hydrogens is 314 g/mol. The number of nitrogens with zero attached hydrogens (tertiary/aromatic N) is 2. The normalized spacial score (nSPS) is 15.7. The van der Waals surface area contributed by atoms with Crippen molar-refractivity contribution in [3.63, 3.8) is 0 Å². The van der Waals surface area contributed by atoms with Crippen LogP contribution in [0.25, 0.3) is 0 Å². The second-order valence-corrected chi connectivity index (χ2v) is 8.21. The smallest absolute Gasteiger partial charge is 0.242 e. The van der Waals surface area contributed by atoms with E-state index in [1.54, 1.807) is 18.2 Å². The van der Waals surface area contributed by atoms with Crippen molar-refractivity contribution in [1.29, 1.82) is 0 Å². The molecule has 1 fully saturated rings. The molecule has 2 rings (SSSR count). The maximum Gasteiger partial charge on any atom is 0.242 e. The van der Waals surface area contributed by atoms with Crippen molar-refractivity contribution in [2.45, 2.75) is 31.1 Å². The maximum absolute atomic E-state index is 12.2. The third kappa shape index (κ3) is 4.23. The topological polar surface area (TPSA) is 69.7 Å². The van der Waals surface area contributed by atoms with Crippen molar-refractivity contribution < 1.29 is 13.2 Å². The Morgan fingerprint density at radius 3 is 2.48 bits per heavy atom. The summed E-state index contributed by atoms with van der Waals surface area (Å²) in [5.74, 6) is 0.0602. The molecule has 1 amide bonds. The van der Waals surface area contributed by atoms with Crippen LogP contribution in [0.3, 0.4) is 0 Å². The van der Waals surface area contributed by atoms with Gasteiger partial charge in [-0.3, -0.25) is 4.79 Å². The van der Waals surface area contributed by atoms with E-state index in [1.807, 2.05) is 11.8 Å². The van der Waals surface area contributed by atoms with Crippen molar-refractivity contribution in [2.24, 2.45) is 0 Å². The number of likely N-dealkylation sites (tertiary alicyclic amines) is 1. The largest absolute Gasteiger partial charge is 0.376 e. The number of aryl methyl sites for hydroxylation is 1. The predicted molar refractivity (Wildman–Crippen MR) is 91.0 cm³/mol. The fraction of sp³-hybridized carbons (Fsp3) is 0.562. The van der Waals surface area contributed by atoms with E-state index in [1.165, 1.54) is 24.8 Å². The number of anilines is 1. The number of nitrogens with one attached hydrogen (secondary N) is 1. The first kappa shape index (κ1) is 17.7. The summed E-state index contributed by atoms with van der Waals surface area (Å²) >= 11 is 0. The van der Waals surface area contributed by atoms with Crippen molar-refractivity contribution in [1.82, 2.24) is 9.21 Å². The highest BCUT2D eigenvalue weighted by Crippen LogP contribution is 2.22. The van der Waals surface area contributed by atoms with Crippen LogP contribution in [0.2, 0.25) is 0 Å². The fourth-order valence-corrected chi connectivity index (χ4v) is 3.52. The molecule has 0 unspecified atom stereocenters. The number of amides is 1. The summed E-state index contributed by atoms with van der Waals surface area (Å²) < 4.78 is 25.6. The second kappa shape index (κ2) is 7.31. The van der Waals surface area contributed by atoms with E-state index in [0.29, 0.717) is 5.69 Å². The molecule has 23 heavy (non-hydrogen) atoms. The molecule has 1 aromatic carbocycles. The Bertz CT molecular complexity index is 665. The van der Waals surface area contributed by atoms with E-state index in [4.69, 9.17) is 0 Å². The highest BCUT2D eigenvalue weighted by atomic mass is 32.2. The summed E-state index contributed by atoms with van der Waals surface area (Å²) in [6.45, 7) is 3.70. The number of rotatable bonds is 5. The molecule has 1 aliphatic rings. The first-order valence-electron chi connectivity index (χ1n) is 7.87. The molecule has 0 aromatic heterocycles. The molecule has 0 saturated carbocycles. The lowest BCUT2D eigenvalue weighted by molar-refractivity contribution is -0.130. The van der Waals surface area contributed by atoms with Gasteiger partial charge in [-0.1, -0.05) is 6.07 Å². The first-order chi connectivity index (χ1) is 10.8. The average molecular weight is 339 g/mol. The zero-order chi connectivity index (χ0) is 17.0. The minimum absolute atomic E-state index is 0.0602. The van der Waals surface area contributed by atoms with E-state index in [0.717, 1.165) is 31.5 Å². The van der Waals surface area contributed by atoms with E-state index < -0.39 is 10.0 Å². The van der Waals surface area contributed by atoms with Gasteiger partial charge in [-0.15, -0.1) is 0 Å². The van der Waals surface area contributed by atoms with Crippen LogP contribution >= 0.6 is 0 Å². The lowest BCUT2D eigenvalue weighted by Gasteiger charge is -2.27. The highest BCUT2D eigenvalue weighted by molar-refractivity contribution is 7.89. The van der Waals surface area contributed by atoms with Crippen molar-refractivity contribution >= 4 is 21.6 Å². The predicted octanol–water partition coefficient (Wildman–Crippen LogP) is 1.67. The van der Waals surface area contributed by atoms with Gasteiger partial charge in [-0.05, 0) is 43.9 Å². The highest BCUT2D eigenvalue weighted by Gasteiger charge is 2.19. The Labute approximate surface area is 138 Å². The molecule has 0 aliphatic carbocycles. The molecule has 0 radical (unpaired) electrons. The summed E-state index contributed by atoms with van der Waals surface area (Å²) in [6, 6.07) is 4.93. The molecule has 7 heteroatoms. The van der Waals surface area contributed by atoms with Gasteiger partial charge in [0.25, 0.3) is 0 Å². The quantitative estimate of drug-likeness (QED) is 0.886. The monoisotopic (exact) mass is 339 g/mol. The third-order valence-corrected chi connectivity index (χ3v) is 5.94. The number of hydrogen-bond acceptors (Lipinski definition) is 4. The summed E-state index contributed by atoms with van der Waals surface area (Å²) in [4.78, 5) is 14.3. The molecular formula is C16H25N3O3S. The SMILES string of the molecule is Cc1ccc(S(=O)(=O)N(C)C)cc1NCC(=O)N1CCCCC1. The molecule has 0 atom stereocenters. The Kier molecular flexibility index (Phi) is 5.64. The second-order valence-electron chi connectivity index (χ2n) is 6.06. The molecule has 0 bridgehead atoms. The zero-order valence-corrected chi connectivity index (χ0v) is 14.8. The summed E-state index contributed by atoms with van der Waals surface area (Å²) in [7, 11) is -0.473. The van der Waals surface area contributed by atoms with Gasteiger partial charge in [-0.25, -0.2) is 12.7 Å². The minimum Gasteiger partial charge on any atom is -0.376 e. The van der Waals surface area contributed by atoms with Crippen LogP contribution in [0.4, 0.5) is 5.69 Å². The summed E-state index contributed by atoms with van der Waals surface area (Å²) in [5.41, 5.74) is 1.59. The third-order valence-electron chi connectivity index (χ3n) is 4.13. The molecule has 1 saturated heterocycles. The molecule has 128 valence electrons. The van der Waals surface area contributed by atoms with Gasteiger partial charge in [0.15, 0.2) is 0 Å². The lowest BCUT2D eigenvalue weighted by Crippen LogP contribution is -2.39. The van der Waals surface area contributed by atoms with Crippen LogP contribution in [0.5, 0.6) is 0 Å². The molecule has 0 spiro atoms. The van der Waals surface area contributed by atoms with E-state index in [9.17, 15) is 13.2 Å². The Hall–Kier alpha value is -1.60. The Balaban J connectivity index is 2.09. The molecule has 1 N–H and O–H groups in total. The van der Waals surface area contributed by atoms with Gasteiger partial charge in [0.1, 0.15) is 0 Å². The number of benzene rings is 1. The molecule has 1 heterocycles. The van der Waals surface area contributed by atoms with E-state index in [2.05, 4.69) is 5.32 Å². The lowest BCUT2D eigenvalue weighted by atomic mass is 10.1. The number of sulfonamides is 1. The maximum atomic E-state index is 12.2. The number of piperidine rings is 1. The van der Waals surface area contributed by atoms with Gasteiger partial charge < -0.3 is 10.2 Å². The van der Waals surface area contributed by atoms with Crippen LogP contribution < -0.4 is 5.32 Å². The first-order valence-corrected chi connectivity index (χ1v) is 9.31. The van der Waals surface area contributed by atoms with Crippen molar-refractivity contribution in [3.8, 4) is 0 Å². The van der Waals surface area contributed by atoms with Crippen molar-refractivity contribution in [2.75, 3.05) is 39.0 Å². The van der Waals surface area contributed by atoms with Crippen molar-refractivity contribution in [3.05, 3.63) is 23.8 Å². The van der Waals surface area contributed by atoms with Crippen LogP contribution in [0, 0.1) is 6.92 Å². The van der Waals surface area contributed by atoms with Crippen LogP contribution in [-0.4, -0.2) is 57.3 Å². The zero-order valence-electron chi connectivity index (χ0n) is 14.0. The fourth-order valence-electron chi connectivity index (χ4n) is 2.59. The number of hydrogen-bond donors (Lipinski definition) is 1. The average Bonchev–Trinajstić information content (AvgIpc) is 2.54. The summed E-state index contributed by atoms with van der Waals surface area (Å²) in [5, 5.41) is 3.09. The van der Waals surface area contributed by atoms with Gasteiger partial charge >= 0.3 is 0 Å². The molecule has 1 aromatic rings. The van der Waals surface area contributed by atoms with Gasteiger partial charge in [-0.2, -0.15) is 0 Å². The Morgan fingerprint density at radius 1 is 1.22 bits per heavy atom. The van der Waals surface area contributed by atoms with Crippen LogP contribution in [0.15, 0.2) is 23.1 Å². The standard InChI is InChI=1S/C16H25N3O3S/c1-13-7-8-14(23(21,22)18(2)3)11-15(13)17-12-16(20)19-9-5-4-6-10-19/h7-8,11,17H,4-6,9-10,12H2,1-3H3. The molecule has 6 nitrogen and oxygen atoms in total. The summed E-state index contributed by atoms with van der Waals surface area (Å²) in [6.07, 6.45) is 3.30. The van der Waals surface area contributed by atoms with Gasteiger partial charge in [0, 0.05) is 32.9 Å². The Morgan fingerprint density at radius 2 is 1.87 bits per heavy atom. The van der Waals surface area contributed by atoms with Gasteiger partial charge in [0.05, 0.1) is 11.4 Å².